The molecule has 0 bridgehead atoms. The van der Waals surface area contributed by atoms with Crippen molar-refractivity contribution in [2.75, 3.05) is 0 Å². The Hall–Kier alpha value is -1.79. The zero-order valence-electron chi connectivity index (χ0n) is 30.8. The maximum Gasteiger partial charge on any atom is 0.494 e. The summed E-state index contributed by atoms with van der Waals surface area (Å²) >= 11 is 0. The van der Waals surface area contributed by atoms with Gasteiger partial charge in [0.25, 0.3) is 0 Å². The standard InChI is InChI=1S/C39H61B2NO4/c1-11-13-15-17-19-21-31(22-20-18-16-14-12-2)42-34-27-29(40-43-36(3,4)37(5,6)44-40)23-25-32(34)33-26-24-30(28-35(33)42)41-45-38(7,8)39(9,10)46-41/h23-28,31H,11-22H2,1-10H3. The van der Waals surface area contributed by atoms with Crippen molar-refractivity contribution in [1.29, 1.82) is 0 Å². The first kappa shape index (κ1) is 35.5. The molecule has 5 nitrogen and oxygen atoms in total. The average Bonchev–Trinajstić information content (AvgIpc) is 3.51. The summed E-state index contributed by atoms with van der Waals surface area (Å²) in [6, 6.07) is 14.1. The first-order chi connectivity index (χ1) is 21.7. The maximum absolute atomic E-state index is 6.54. The number of aromatic nitrogens is 1. The summed E-state index contributed by atoms with van der Waals surface area (Å²) in [7, 11) is -0.773. The van der Waals surface area contributed by atoms with Gasteiger partial charge in [-0.3, -0.25) is 0 Å². The van der Waals surface area contributed by atoms with Crippen LogP contribution in [0.25, 0.3) is 21.8 Å². The SMILES string of the molecule is CCCCCCCC(CCCCCCC)n1c2cc(B3OC(C)(C)C(C)(C)O3)ccc2c2ccc(B3OC(C)(C)C(C)(C)O3)cc21. The number of fused-ring (bicyclic) bond motifs is 3. The maximum atomic E-state index is 6.54. The molecule has 46 heavy (non-hydrogen) atoms. The molecule has 2 aliphatic heterocycles. The van der Waals surface area contributed by atoms with Crippen molar-refractivity contribution in [1.82, 2.24) is 4.57 Å². The molecule has 0 aliphatic carbocycles. The molecule has 5 rings (SSSR count). The zero-order chi connectivity index (χ0) is 33.3. The first-order valence-corrected chi connectivity index (χ1v) is 18.5. The quantitative estimate of drug-likeness (QED) is 0.124. The van der Waals surface area contributed by atoms with Gasteiger partial charge in [0, 0.05) is 27.8 Å². The number of rotatable bonds is 15. The van der Waals surface area contributed by atoms with Gasteiger partial charge in [0.15, 0.2) is 0 Å². The molecule has 2 saturated heterocycles. The Bertz CT molecular complexity index is 1340. The fourth-order valence-corrected chi connectivity index (χ4v) is 7.10. The number of hydrogen-bond donors (Lipinski definition) is 0. The molecule has 0 radical (unpaired) electrons. The fraction of sp³-hybridized carbons (Fsp3) is 0.692. The van der Waals surface area contributed by atoms with Crippen molar-refractivity contribution in [2.45, 2.75) is 175 Å². The van der Waals surface area contributed by atoms with Gasteiger partial charge in [-0.15, -0.1) is 0 Å². The minimum atomic E-state index is -0.386. The first-order valence-electron chi connectivity index (χ1n) is 18.5. The molecule has 2 fully saturated rings. The van der Waals surface area contributed by atoms with Crippen LogP contribution < -0.4 is 10.9 Å². The highest BCUT2D eigenvalue weighted by Gasteiger charge is 2.53. The van der Waals surface area contributed by atoms with E-state index in [1.165, 1.54) is 98.9 Å². The molecule has 0 spiro atoms. The monoisotopic (exact) mass is 629 g/mol. The van der Waals surface area contributed by atoms with E-state index < -0.39 is 0 Å². The van der Waals surface area contributed by atoms with E-state index >= 15 is 0 Å². The predicted octanol–water partition coefficient (Wildman–Crippen LogP) is 9.65. The van der Waals surface area contributed by atoms with Crippen molar-refractivity contribution < 1.29 is 18.6 Å². The van der Waals surface area contributed by atoms with Crippen LogP contribution in [0, 0.1) is 0 Å². The summed E-state index contributed by atoms with van der Waals surface area (Å²) in [6.07, 6.45) is 15.4. The van der Waals surface area contributed by atoms with E-state index in [0.717, 1.165) is 10.9 Å². The van der Waals surface area contributed by atoms with Crippen molar-refractivity contribution in [3.63, 3.8) is 0 Å². The van der Waals surface area contributed by atoms with Crippen molar-refractivity contribution >= 4 is 47.0 Å². The van der Waals surface area contributed by atoms with Crippen LogP contribution in [0.2, 0.25) is 0 Å². The third-order valence-electron chi connectivity index (χ3n) is 11.6. The van der Waals surface area contributed by atoms with Crippen LogP contribution >= 0.6 is 0 Å². The van der Waals surface area contributed by atoms with Crippen molar-refractivity contribution in [3.05, 3.63) is 36.4 Å². The minimum Gasteiger partial charge on any atom is -0.399 e. The van der Waals surface area contributed by atoms with Crippen LogP contribution in [0.5, 0.6) is 0 Å². The number of benzene rings is 2. The largest absolute Gasteiger partial charge is 0.494 e. The predicted molar refractivity (Wildman–Crippen MR) is 197 cm³/mol. The number of unbranched alkanes of at least 4 members (excludes halogenated alkanes) is 8. The van der Waals surface area contributed by atoms with Gasteiger partial charge in [0.05, 0.1) is 22.4 Å². The van der Waals surface area contributed by atoms with Gasteiger partial charge >= 0.3 is 14.2 Å². The second-order valence-electron chi connectivity index (χ2n) is 16.2. The Kier molecular flexibility index (Phi) is 10.8. The zero-order valence-corrected chi connectivity index (χ0v) is 30.8. The molecule has 0 amide bonds. The summed E-state index contributed by atoms with van der Waals surface area (Å²) in [5.74, 6) is 0. The smallest absolute Gasteiger partial charge is 0.399 e. The summed E-state index contributed by atoms with van der Waals surface area (Å²) in [5, 5.41) is 2.58. The van der Waals surface area contributed by atoms with Crippen LogP contribution in [-0.4, -0.2) is 41.2 Å². The van der Waals surface area contributed by atoms with Gasteiger partial charge in [0.2, 0.25) is 0 Å². The number of hydrogen-bond acceptors (Lipinski definition) is 4. The molecule has 2 aromatic carbocycles. The normalized spacial score (nSPS) is 20.2. The highest BCUT2D eigenvalue weighted by molar-refractivity contribution is 6.63. The lowest BCUT2D eigenvalue weighted by molar-refractivity contribution is 0.00578. The molecule has 0 N–H and O–H groups in total. The van der Waals surface area contributed by atoms with Crippen LogP contribution in [-0.2, 0) is 18.6 Å². The summed E-state index contributed by atoms with van der Waals surface area (Å²) in [5.41, 5.74) is 3.22. The van der Waals surface area contributed by atoms with E-state index in [0.29, 0.717) is 6.04 Å². The third-order valence-corrected chi connectivity index (χ3v) is 11.6. The average molecular weight is 630 g/mol. The second-order valence-corrected chi connectivity index (χ2v) is 16.2. The Labute approximate surface area is 280 Å². The van der Waals surface area contributed by atoms with E-state index in [9.17, 15) is 0 Å². The Morgan fingerprint density at radius 1 is 0.522 bits per heavy atom. The topological polar surface area (TPSA) is 41.9 Å². The van der Waals surface area contributed by atoms with E-state index in [1.54, 1.807) is 0 Å². The molecule has 3 heterocycles. The highest BCUT2D eigenvalue weighted by Crippen LogP contribution is 2.40. The van der Waals surface area contributed by atoms with E-state index in [4.69, 9.17) is 18.6 Å². The molecular weight excluding hydrogens is 568 g/mol. The van der Waals surface area contributed by atoms with Gasteiger partial charge in [-0.25, -0.2) is 0 Å². The molecule has 0 atom stereocenters. The molecule has 2 aliphatic rings. The molecule has 7 heteroatoms. The third kappa shape index (κ3) is 7.14. The van der Waals surface area contributed by atoms with E-state index in [1.807, 2.05) is 0 Å². The van der Waals surface area contributed by atoms with Crippen LogP contribution in [0.4, 0.5) is 0 Å². The van der Waals surface area contributed by atoms with Crippen molar-refractivity contribution in [2.24, 2.45) is 0 Å². The fourth-order valence-electron chi connectivity index (χ4n) is 7.10. The minimum absolute atomic E-state index is 0.378. The second kappa shape index (κ2) is 14.0. The van der Waals surface area contributed by atoms with Gasteiger partial charge in [-0.2, -0.15) is 0 Å². The Morgan fingerprint density at radius 3 is 1.22 bits per heavy atom. The highest BCUT2D eigenvalue weighted by atomic mass is 16.7. The Morgan fingerprint density at radius 2 is 0.870 bits per heavy atom. The van der Waals surface area contributed by atoms with E-state index in [-0.39, 0.29) is 36.6 Å². The molecule has 0 saturated carbocycles. The van der Waals surface area contributed by atoms with Crippen LogP contribution in [0.15, 0.2) is 36.4 Å². The van der Waals surface area contributed by atoms with Crippen LogP contribution in [0.1, 0.15) is 152 Å². The molecule has 1 aromatic heterocycles. The summed E-state index contributed by atoms with van der Waals surface area (Å²) < 4.78 is 28.8. The van der Waals surface area contributed by atoms with Crippen LogP contribution in [0.3, 0.4) is 0 Å². The lowest BCUT2D eigenvalue weighted by Crippen LogP contribution is -2.41. The van der Waals surface area contributed by atoms with Gasteiger partial charge in [-0.05, 0) is 91.3 Å². The molecule has 3 aromatic rings. The molecular formula is C39H61B2NO4. The molecule has 0 unspecified atom stereocenters. The molecule has 252 valence electrons. The van der Waals surface area contributed by atoms with Gasteiger partial charge < -0.3 is 23.2 Å². The Balaban J connectivity index is 1.59. The summed E-state index contributed by atoms with van der Waals surface area (Å²) in [4.78, 5) is 0. The lowest BCUT2D eigenvalue weighted by Gasteiger charge is -2.32. The summed E-state index contributed by atoms with van der Waals surface area (Å²) in [6.45, 7) is 21.7. The van der Waals surface area contributed by atoms with Gasteiger partial charge in [0.1, 0.15) is 0 Å². The lowest BCUT2D eigenvalue weighted by atomic mass is 9.78. The number of nitrogens with zero attached hydrogens (tertiary/aromatic N) is 1. The van der Waals surface area contributed by atoms with E-state index in [2.05, 4.69) is 110 Å². The van der Waals surface area contributed by atoms with Crippen molar-refractivity contribution in [3.8, 4) is 0 Å². The van der Waals surface area contributed by atoms with Gasteiger partial charge in [-0.1, -0.05) is 102 Å².